The number of anilines is 2. The lowest BCUT2D eigenvalue weighted by atomic mass is 10.1. The van der Waals surface area contributed by atoms with Crippen LogP contribution in [0.4, 0.5) is 15.6 Å². The molecule has 0 fully saturated rings. The molecule has 3 N–H and O–H groups in total. The van der Waals surface area contributed by atoms with Gasteiger partial charge < -0.3 is 10.6 Å². The highest BCUT2D eigenvalue weighted by Crippen LogP contribution is 2.30. The molecule has 0 aliphatic rings. The summed E-state index contributed by atoms with van der Waals surface area (Å²) in [5.41, 5.74) is 3.37. The number of carbonyl (C=O) groups is 2. The van der Waals surface area contributed by atoms with Gasteiger partial charge in [0.05, 0.1) is 5.25 Å². The number of benzene rings is 1. The fourth-order valence-corrected chi connectivity index (χ4v) is 3.93. The first-order chi connectivity index (χ1) is 12.7. The van der Waals surface area contributed by atoms with E-state index in [1.54, 1.807) is 6.92 Å². The molecule has 2 aromatic rings. The van der Waals surface area contributed by atoms with Crippen LogP contribution in [0.3, 0.4) is 0 Å². The molecule has 0 saturated heterocycles. The zero-order chi connectivity index (χ0) is 20.0. The molecule has 9 heteroatoms. The Labute approximate surface area is 167 Å². The molecule has 1 atom stereocenters. The van der Waals surface area contributed by atoms with Crippen molar-refractivity contribution >= 4 is 45.9 Å². The third-order valence-electron chi connectivity index (χ3n) is 3.72. The van der Waals surface area contributed by atoms with Gasteiger partial charge in [0.25, 0.3) is 0 Å². The zero-order valence-electron chi connectivity index (χ0n) is 16.1. The molecule has 2 rings (SSSR count). The number of hydrogen-bond donors (Lipinski definition) is 3. The number of thioether (sulfide) groups is 1. The summed E-state index contributed by atoms with van der Waals surface area (Å²) in [5, 5.41) is 16.6. The fourth-order valence-electron chi connectivity index (χ4n) is 2.01. The molecule has 3 amide bonds. The summed E-state index contributed by atoms with van der Waals surface area (Å²) in [5.74, 6) is -0.0394. The van der Waals surface area contributed by atoms with E-state index in [9.17, 15) is 9.59 Å². The lowest BCUT2D eigenvalue weighted by Gasteiger charge is -2.11. The minimum atomic E-state index is -0.476. The highest BCUT2D eigenvalue weighted by Gasteiger charge is 2.19. The molecule has 1 unspecified atom stereocenters. The van der Waals surface area contributed by atoms with Gasteiger partial charge in [-0.3, -0.25) is 10.1 Å². The van der Waals surface area contributed by atoms with E-state index < -0.39 is 11.3 Å². The lowest BCUT2D eigenvalue weighted by molar-refractivity contribution is -0.119. The standard InChI is InChI=1S/C18H25N5O2S2/c1-10(2)9-19-16(25)21-15(24)13(5)26-18-23-22-17(27-18)20-14-7-6-11(3)12(4)8-14/h6-8,10,13H,9H2,1-5H3,(H,20,22)(H2,19,21,24,25). The SMILES string of the molecule is Cc1ccc(Nc2nnc(SC(C)C(=O)NC(=O)NCC(C)C)s2)cc1C. The number of aryl methyl sites for hydroxylation is 2. The first kappa shape index (κ1) is 21.2. The van der Waals surface area contributed by atoms with Crippen molar-refractivity contribution in [1.29, 1.82) is 0 Å². The highest BCUT2D eigenvalue weighted by atomic mass is 32.2. The Morgan fingerprint density at radius 3 is 2.56 bits per heavy atom. The Hall–Kier alpha value is -2.13. The summed E-state index contributed by atoms with van der Waals surface area (Å²) in [7, 11) is 0. The van der Waals surface area contributed by atoms with Crippen molar-refractivity contribution in [2.24, 2.45) is 5.92 Å². The second kappa shape index (κ2) is 9.70. The number of imide groups is 1. The van der Waals surface area contributed by atoms with Crippen LogP contribution in [0.25, 0.3) is 0 Å². The average Bonchev–Trinajstić information content (AvgIpc) is 3.03. The molecule has 1 heterocycles. The van der Waals surface area contributed by atoms with Crippen LogP contribution in [0.5, 0.6) is 0 Å². The van der Waals surface area contributed by atoms with E-state index in [1.165, 1.54) is 34.2 Å². The van der Waals surface area contributed by atoms with Crippen molar-refractivity contribution in [3.8, 4) is 0 Å². The van der Waals surface area contributed by atoms with Gasteiger partial charge in [-0.2, -0.15) is 0 Å². The van der Waals surface area contributed by atoms with Crippen LogP contribution in [0.2, 0.25) is 0 Å². The Kier molecular flexibility index (Phi) is 7.61. The van der Waals surface area contributed by atoms with Gasteiger partial charge in [-0.25, -0.2) is 4.79 Å². The minimum absolute atomic E-state index is 0.322. The molecular weight excluding hydrogens is 382 g/mol. The molecule has 0 spiro atoms. The number of amides is 3. The maximum absolute atomic E-state index is 12.1. The van der Waals surface area contributed by atoms with Crippen molar-refractivity contribution in [3.63, 3.8) is 0 Å². The third-order valence-corrected chi connectivity index (χ3v) is 5.74. The van der Waals surface area contributed by atoms with Crippen LogP contribution in [0, 0.1) is 19.8 Å². The Morgan fingerprint density at radius 1 is 1.15 bits per heavy atom. The summed E-state index contributed by atoms with van der Waals surface area (Å²) < 4.78 is 0.659. The van der Waals surface area contributed by atoms with Gasteiger partial charge >= 0.3 is 6.03 Å². The predicted molar refractivity (Wildman–Crippen MR) is 111 cm³/mol. The second-order valence-electron chi connectivity index (χ2n) is 6.65. The Morgan fingerprint density at radius 2 is 1.89 bits per heavy atom. The van der Waals surface area contributed by atoms with Crippen LogP contribution in [-0.4, -0.2) is 33.9 Å². The summed E-state index contributed by atoms with van der Waals surface area (Å²) in [6, 6.07) is 5.61. The summed E-state index contributed by atoms with van der Waals surface area (Å²) in [6.45, 7) is 10.3. The van der Waals surface area contributed by atoms with Crippen LogP contribution in [-0.2, 0) is 4.79 Å². The van der Waals surface area contributed by atoms with Crippen molar-refractivity contribution in [1.82, 2.24) is 20.8 Å². The molecule has 1 aromatic heterocycles. The summed E-state index contributed by atoms with van der Waals surface area (Å²) in [4.78, 5) is 23.8. The molecule has 7 nitrogen and oxygen atoms in total. The Balaban J connectivity index is 1.87. The molecule has 0 aliphatic carbocycles. The number of nitrogens with zero attached hydrogens (tertiary/aromatic N) is 2. The van der Waals surface area contributed by atoms with Crippen molar-refractivity contribution in [2.75, 3.05) is 11.9 Å². The second-order valence-corrected chi connectivity index (χ2v) is 9.22. The molecular formula is C18H25N5O2S2. The number of hydrogen-bond acceptors (Lipinski definition) is 7. The lowest BCUT2D eigenvalue weighted by Crippen LogP contribution is -2.43. The van der Waals surface area contributed by atoms with E-state index in [4.69, 9.17) is 0 Å². The van der Waals surface area contributed by atoms with Crippen LogP contribution in [0.1, 0.15) is 31.9 Å². The van der Waals surface area contributed by atoms with Crippen molar-refractivity contribution in [3.05, 3.63) is 29.3 Å². The minimum Gasteiger partial charge on any atom is -0.338 e. The van der Waals surface area contributed by atoms with Gasteiger partial charge in [-0.05, 0) is 49.9 Å². The summed E-state index contributed by atoms with van der Waals surface area (Å²) in [6.07, 6.45) is 0. The van der Waals surface area contributed by atoms with Crippen LogP contribution >= 0.6 is 23.1 Å². The number of urea groups is 1. The predicted octanol–water partition coefficient (Wildman–Crippen LogP) is 3.86. The topological polar surface area (TPSA) is 96.0 Å². The number of aromatic nitrogens is 2. The average molecular weight is 408 g/mol. The normalized spacial score (nSPS) is 11.9. The molecule has 27 heavy (non-hydrogen) atoms. The van der Waals surface area contributed by atoms with Crippen LogP contribution < -0.4 is 16.0 Å². The monoisotopic (exact) mass is 407 g/mol. The van der Waals surface area contributed by atoms with E-state index >= 15 is 0 Å². The quantitative estimate of drug-likeness (QED) is 0.603. The molecule has 1 aromatic carbocycles. The van der Waals surface area contributed by atoms with E-state index in [0.717, 1.165) is 5.69 Å². The van der Waals surface area contributed by atoms with Gasteiger partial charge in [-0.1, -0.05) is 43.0 Å². The zero-order valence-corrected chi connectivity index (χ0v) is 17.8. The first-order valence-corrected chi connectivity index (χ1v) is 10.4. The molecule has 0 radical (unpaired) electrons. The van der Waals surface area contributed by atoms with Gasteiger partial charge in [0.15, 0.2) is 4.34 Å². The maximum atomic E-state index is 12.1. The largest absolute Gasteiger partial charge is 0.338 e. The fraction of sp³-hybridized carbons (Fsp3) is 0.444. The number of carbonyl (C=O) groups excluding carboxylic acids is 2. The van der Waals surface area contributed by atoms with E-state index in [1.807, 2.05) is 26.0 Å². The van der Waals surface area contributed by atoms with Crippen molar-refractivity contribution in [2.45, 2.75) is 44.2 Å². The molecule has 146 valence electrons. The third kappa shape index (κ3) is 6.84. The highest BCUT2D eigenvalue weighted by molar-refractivity contribution is 8.02. The van der Waals surface area contributed by atoms with Gasteiger partial charge in [0, 0.05) is 12.2 Å². The number of nitrogens with one attached hydrogen (secondary N) is 3. The molecule has 0 aliphatic heterocycles. The molecule has 0 bridgehead atoms. The van der Waals surface area contributed by atoms with Gasteiger partial charge in [0.2, 0.25) is 11.0 Å². The van der Waals surface area contributed by atoms with E-state index in [2.05, 4.69) is 46.1 Å². The van der Waals surface area contributed by atoms with Gasteiger partial charge in [-0.15, -0.1) is 10.2 Å². The first-order valence-electron chi connectivity index (χ1n) is 8.67. The maximum Gasteiger partial charge on any atom is 0.321 e. The summed E-state index contributed by atoms with van der Waals surface area (Å²) >= 11 is 2.63. The molecule has 0 saturated carbocycles. The van der Waals surface area contributed by atoms with E-state index in [-0.39, 0.29) is 5.91 Å². The smallest absolute Gasteiger partial charge is 0.321 e. The van der Waals surface area contributed by atoms with Crippen LogP contribution in [0.15, 0.2) is 22.5 Å². The Bertz CT molecular complexity index is 807. The van der Waals surface area contributed by atoms with Crippen molar-refractivity contribution < 1.29 is 9.59 Å². The van der Waals surface area contributed by atoms with Gasteiger partial charge in [0.1, 0.15) is 0 Å². The van der Waals surface area contributed by atoms with E-state index in [0.29, 0.717) is 21.9 Å². The number of rotatable bonds is 7.